The molecule has 4 rings (SSSR count). The van der Waals surface area contributed by atoms with Crippen LogP contribution < -0.4 is 5.32 Å². The summed E-state index contributed by atoms with van der Waals surface area (Å²) in [6, 6.07) is 17.6. The molecule has 0 spiro atoms. The second-order valence-corrected chi connectivity index (χ2v) is 10.6. The van der Waals surface area contributed by atoms with Gasteiger partial charge < -0.3 is 5.32 Å². The van der Waals surface area contributed by atoms with Crippen molar-refractivity contribution in [2.24, 2.45) is 0 Å². The van der Waals surface area contributed by atoms with Crippen LogP contribution in [-0.4, -0.2) is 18.6 Å². The Kier molecular flexibility index (Phi) is 8.22. The number of amides is 1. The van der Waals surface area contributed by atoms with Crippen molar-refractivity contribution in [3.8, 4) is 0 Å². The molecule has 0 saturated carbocycles. The minimum atomic E-state index is -4.03. The van der Waals surface area contributed by atoms with Crippen LogP contribution in [-0.2, 0) is 16.6 Å². The molecule has 5 nitrogen and oxygen atoms in total. The second kappa shape index (κ2) is 11.6. The molecule has 0 unspecified atom stereocenters. The fourth-order valence-electron chi connectivity index (χ4n) is 4.28. The highest BCUT2D eigenvalue weighted by Gasteiger charge is 2.29. The summed E-state index contributed by atoms with van der Waals surface area (Å²) in [5.41, 5.74) is 3.76. The number of rotatable bonds is 6. The highest BCUT2D eigenvalue weighted by molar-refractivity contribution is 7.89. The van der Waals surface area contributed by atoms with Gasteiger partial charge in [-0.1, -0.05) is 36.4 Å². The standard InChI is InChI=1S/C30H28F2N2O3S/c1-3-22-10-15-27(4-2)34(20-29(22)24-6-5-7-26(32)18-24)38(36,37)28-16-11-23(12-17-28)30(35)33-19-21-8-13-25(31)14-9-21/h3-9,11-14,16-18,20H,10,15,19H2,1-2H3,(H,33,35)/b22-3+,27-4+. The topological polar surface area (TPSA) is 66.5 Å². The van der Waals surface area contributed by atoms with Crippen LogP contribution in [0.25, 0.3) is 5.57 Å². The summed E-state index contributed by atoms with van der Waals surface area (Å²) in [6.45, 7) is 3.86. The second-order valence-electron chi connectivity index (χ2n) is 8.78. The molecule has 196 valence electrons. The van der Waals surface area contributed by atoms with Crippen LogP contribution in [0, 0.1) is 11.6 Å². The Hall–Kier alpha value is -4.04. The minimum absolute atomic E-state index is 0.0192. The lowest BCUT2D eigenvalue weighted by Crippen LogP contribution is -2.26. The van der Waals surface area contributed by atoms with Gasteiger partial charge in [0.15, 0.2) is 0 Å². The van der Waals surface area contributed by atoms with Crippen LogP contribution in [0.5, 0.6) is 0 Å². The summed E-state index contributed by atoms with van der Waals surface area (Å²) < 4.78 is 55.9. The lowest BCUT2D eigenvalue weighted by molar-refractivity contribution is 0.0951. The highest BCUT2D eigenvalue weighted by Crippen LogP contribution is 2.36. The number of nitrogens with one attached hydrogen (secondary N) is 1. The third-order valence-electron chi connectivity index (χ3n) is 6.38. The Morgan fingerprint density at radius 2 is 1.63 bits per heavy atom. The average Bonchev–Trinajstić information content (AvgIpc) is 3.12. The molecular weight excluding hydrogens is 506 g/mol. The Morgan fingerprint density at radius 1 is 0.921 bits per heavy atom. The number of hydrogen-bond donors (Lipinski definition) is 1. The molecule has 0 bridgehead atoms. The van der Waals surface area contributed by atoms with Crippen molar-refractivity contribution in [3.63, 3.8) is 0 Å². The van der Waals surface area contributed by atoms with Gasteiger partial charge in [0.2, 0.25) is 0 Å². The quantitative estimate of drug-likeness (QED) is 0.389. The van der Waals surface area contributed by atoms with Gasteiger partial charge >= 0.3 is 0 Å². The molecule has 0 aromatic heterocycles. The third-order valence-corrected chi connectivity index (χ3v) is 8.11. The number of allylic oxidation sites excluding steroid dienone is 5. The van der Waals surface area contributed by atoms with Crippen molar-refractivity contribution in [1.29, 1.82) is 0 Å². The number of halogens is 2. The molecule has 1 aliphatic rings. The van der Waals surface area contributed by atoms with Crippen LogP contribution >= 0.6 is 0 Å². The fraction of sp³-hybridized carbons (Fsp3) is 0.167. The van der Waals surface area contributed by atoms with Gasteiger partial charge in [0.25, 0.3) is 15.9 Å². The predicted molar refractivity (Wildman–Crippen MR) is 144 cm³/mol. The lowest BCUT2D eigenvalue weighted by Gasteiger charge is -2.23. The van der Waals surface area contributed by atoms with E-state index in [4.69, 9.17) is 0 Å². The smallest absolute Gasteiger partial charge is 0.267 e. The lowest BCUT2D eigenvalue weighted by atomic mass is 9.95. The molecule has 0 saturated heterocycles. The number of nitrogens with zero attached hydrogens (tertiary/aromatic N) is 1. The molecular formula is C30H28F2N2O3S. The van der Waals surface area contributed by atoms with Gasteiger partial charge in [0, 0.05) is 29.6 Å². The van der Waals surface area contributed by atoms with Gasteiger partial charge in [-0.25, -0.2) is 21.5 Å². The zero-order chi connectivity index (χ0) is 27.3. The Bertz CT molecular complexity index is 1520. The first-order valence-corrected chi connectivity index (χ1v) is 13.6. The molecule has 0 radical (unpaired) electrons. The number of hydrogen-bond acceptors (Lipinski definition) is 3. The summed E-state index contributed by atoms with van der Waals surface area (Å²) in [5, 5.41) is 2.74. The Morgan fingerprint density at radius 3 is 2.26 bits per heavy atom. The molecule has 3 aromatic rings. The zero-order valence-corrected chi connectivity index (χ0v) is 21.9. The largest absolute Gasteiger partial charge is 0.348 e. The SMILES string of the molecule is C/C=C1\CC/C(=C\C)N(S(=O)(=O)c2ccc(C(=O)NCc3ccc(F)cc3)cc2)C=C1c1cccc(F)c1. The van der Waals surface area contributed by atoms with Crippen LogP contribution in [0.3, 0.4) is 0 Å². The van der Waals surface area contributed by atoms with Crippen molar-refractivity contribution in [1.82, 2.24) is 9.62 Å². The first-order valence-electron chi connectivity index (χ1n) is 12.2. The van der Waals surface area contributed by atoms with Crippen LogP contribution in [0.2, 0.25) is 0 Å². The molecule has 38 heavy (non-hydrogen) atoms. The number of sulfonamides is 1. The van der Waals surface area contributed by atoms with E-state index in [1.54, 1.807) is 43.5 Å². The minimum Gasteiger partial charge on any atom is -0.348 e. The van der Waals surface area contributed by atoms with E-state index in [0.29, 0.717) is 35.2 Å². The summed E-state index contributed by atoms with van der Waals surface area (Å²) in [5.74, 6) is -1.15. The molecule has 1 amide bonds. The maximum atomic E-state index is 14.0. The van der Waals surface area contributed by atoms with Crippen LogP contribution in [0.15, 0.2) is 107 Å². The molecule has 0 aliphatic carbocycles. The van der Waals surface area contributed by atoms with E-state index >= 15 is 0 Å². The molecule has 1 aliphatic heterocycles. The Labute approximate surface area is 221 Å². The maximum Gasteiger partial charge on any atom is 0.267 e. The van der Waals surface area contributed by atoms with Gasteiger partial charge in [0.05, 0.1) is 4.90 Å². The number of benzene rings is 3. The van der Waals surface area contributed by atoms with Crippen LogP contribution in [0.1, 0.15) is 48.2 Å². The summed E-state index contributed by atoms with van der Waals surface area (Å²) in [6.07, 6.45) is 6.30. The van der Waals surface area contributed by atoms with Gasteiger partial charge in [0.1, 0.15) is 11.6 Å². The number of carbonyl (C=O) groups excluding carboxylic acids is 1. The first kappa shape index (κ1) is 27.0. The van der Waals surface area contributed by atoms with Crippen molar-refractivity contribution in [2.45, 2.75) is 38.1 Å². The molecule has 8 heteroatoms. The van der Waals surface area contributed by atoms with E-state index in [-0.39, 0.29) is 23.2 Å². The van der Waals surface area contributed by atoms with Gasteiger partial charge in [-0.05, 0) is 91.9 Å². The number of carbonyl (C=O) groups is 1. The summed E-state index contributed by atoms with van der Waals surface area (Å²) >= 11 is 0. The van der Waals surface area contributed by atoms with Crippen molar-refractivity contribution < 1.29 is 22.0 Å². The van der Waals surface area contributed by atoms with Gasteiger partial charge in [-0.15, -0.1) is 0 Å². The third kappa shape index (κ3) is 5.92. The zero-order valence-electron chi connectivity index (χ0n) is 21.1. The summed E-state index contributed by atoms with van der Waals surface area (Å²) in [7, 11) is -4.03. The molecule has 1 N–H and O–H groups in total. The van der Waals surface area contributed by atoms with E-state index in [1.165, 1.54) is 52.8 Å². The average molecular weight is 535 g/mol. The highest BCUT2D eigenvalue weighted by atomic mass is 32.2. The van der Waals surface area contributed by atoms with Crippen molar-refractivity contribution in [2.75, 3.05) is 0 Å². The fourth-order valence-corrected chi connectivity index (χ4v) is 5.74. The normalized spacial score (nSPS) is 16.3. The van der Waals surface area contributed by atoms with E-state index in [0.717, 1.165) is 11.1 Å². The van der Waals surface area contributed by atoms with E-state index in [2.05, 4.69) is 5.32 Å². The maximum absolute atomic E-state index is 14.0. The van der Waals surface area contributed by atoms with E-state index in [1.807, 2.05) is 13.0 Å². The Balaban J connectivity index is 1.63. The molecule has 3 aromatic carbocycles. The van der Waals surface area contributed by atoms with Crippen molar-refractivity contribution in [3.05, 3.63) is 131 Å². The summed E-state index contributed by atoms with van der Waals surface area (Å²) in [4.78, 5) is 12.6. The van der Waals surface area contributed by atoms with E-state index < -0.39 is 15.8 Å². The van der Waals surface area contributed by atoms with Gasteiger partial charge in [-0.3, -0.25) is 4.79 Å². The predicted octanol–water partition coefficient (Wildman–Crippen LogP) is 6.57. The van der Waals surface area contributed by atoms with Gasteiger partial charge in [-0.2, -0.15) is 0 Å². The van der Waals surface area contributed by atoms with E-state index in [9.17, 15) is 22.0 Å². The monoisotopic (exact) mass is 534 g/mol. The molecule has 0 atom stereocenters. The van der Waals surface area contributed by atoms with Crippen molar-refractivity contribution >= 4 is 21.5 Å². The molecule has 0 fully saturated rings. The molecule has 1 heterocycles. The first-order chi connectivity index (χ1) is 18.2. The van der Waals surface area contributed by atoms with Crippen LogP contribution in [0.4, 0.5) is 8.78 Å².